The van der Waals surface area contributed by atoms with Gasteiger partial charge in [0.25, 0.3) is 5.91 Å². The summed E-state index contributed by atoms with van der Waals surface area (Å²) in [5.41, 5.74) is 0.944. The highest BCUT2D eigenvalue weighted by Gasteiger charge is 2.10. The third kappa shape index (κ3) is 3.54. The molecule has 0 spiro atoms. The summed E-state index contributed by atoms with van der Waals surface area (Å²) >= 11 is 7.96. The minimum Gasteiger partial charge on any atom is -0.372 e. The van der Waals surface area contributed by atoms with Crippen molar-refractivity contribution in [2.24, 2.45) is 0 Å². The molecule has 2 N–H and O–H groups in total. The Kier molecular flexibility index (Phi) is 4.54. The third-order valence-electron chi connectivity index (χ3n) is 2.33. The molecule has 0 aliphatic carbocycles. The largest absolute Gasteiger partial charge is 0.372 e. The highest BCUT2D eigenvalue weighted by molar-refractivity contribution is 14.1. The molecule has 5 nitrogen and oxygen atoms in total. The molecule has 0 saturated carbocycles. The van der Waals surface area contributed by atoms with Gasteiger partial charge < -0.3 is 10.6 Å². The Morgan fingerprint density at radius 2 is 2.05 bits per heavy atom. The smallest absolute Gasteiger partial charge is 0.276 e. The van der Waals surface area contributed by atoms with Crippen LogP contribution in [0.2, 0.25) is 5.02 Å². The van der Waals surface area contributed by atoms with E-state index < -0.39 is 0 Å². The van der Waals surface area contributed by atoms with Crippen molar-refractivity contribution < 1.29 is 4.79 Å². The summed E-state index contributed by atoms with van der Waals surface area (Å²) in [5, 5.41) is 13.9. The van der Waals surface area contributed by atoms with Gasteiger partial charge in [0.1, 0.15) is 5.82 Å². The van der Waals surface area contributed by atoms with Gasteiger partial charge in [0.05, 0.1) is 5.69 Å². The van der Waals surface area contributed by atoms with Crippen LogP contribution in [0.5, 0.6) is 0 Å². The molecule has 0 atom stereocenters. The van der Waals surface area contributed by atoms with Gasteiger partial charge in [-0.15, -0.1) is 10.2 Å². The molecule has 0 unspecified atom stereocenters. The Morgan fingerprint density at radius 3 is 2.63 bits per heavy atom. The fourth-order valence-electron chi connectivity index (χ4n) is 1.36. The fourth-order valence-corrected chi connectivity index (χ4v) is 2.37. The molecule has 0 saturated heterocycles. The highest BCUT2D eigenvalue weighted by atomic mass is 127. The lowest BCUT2D eigenvalue weighted by Crippen LogP contribution is -2.15. The quantitative estimate of drug-likeness (QED) is 0.793. The minimum absolute atomic E-state index is 0.254. The van der Waals surface area contributed by atoms with Crippen LogP contribution in [0.4, 0.5) is 11.5 Å². The zero-order chi connectivity index (χ0) is 13.8. The molecule has 1 aromatic carbocycles. The van der Waals surface area contributed by atoms with E-state index in [2.05, 4.69) is 43.4 Å². The minimum atomic E-state index is -0.310. The Bertz CT molecular complexity index is 603. The van der Waals surface area contributed by atoms with E-state index in [4.69, 9.17) is 11.6 Å². The Morgan fingerprint density at radius 1 is 1.26 bits per heavy atom. The molecule has 0 bridgehead atoms. The molecule has 19 heavy (non-hydrogen) atoms. The van der Waals surface area contributed by atoms with Gasteiger partial charge in [-0.3, -0.25) is 4.79 Å². The first-order valence-corrected chi connectivity index (χ1v) is 6.83. The summed E-state index contributed by atoms with van der Waals surface area (Å²) in [6.45, 7) is 0. The molecule has 0 aliphatic heterocycles. The molecule has 2 rings (SSSR count). The van der Waals surface area contributed by atoms with Gasteiger partial charge in [0.2, 0.25) is 0 Å². The van der Waals surface area contributed by atoms with Gasteiger partial charge in [0, 0.05) is 15.6 Å². The number of halogens is 2. The average molecular weight is 389 g/mol. The van der Waals surface area contributed by atoms with Gasteiger partial charge in [-0.25, -0.2) is 0 Å². The van der Waals surface area contributed by atoms with Crippen molar-refractivity contribution in [2.45, 2.75) is 0 Å². The first kappa shape index (κ1) is 14.0. The maximum Gasteiger partial charge on any atom is 0.276 e. The zero-order valence-corrected chi connectivity index (χ0v) is 12.9. The van der Waals surface area contributed by atoms with E-state index in [1.807, 2.05) is 0 Å². The van der Waals surface area contributed by atoms with Crippen LogP contribution in [0.15, 0.2) is 30.3 Å². The number of benzene rings is 1. The van der Waals surface area contributed by atoms with E-state index >= 15 is 0 Å². The number of nitrogens with one attached hydrogen (secondary N) is 2. The first-order chi connectivity index (χ1) is 9.10. The number of aromatic nitrogens is 2. The number of nitrogens with zero attached hydrogens (tertiary/aromatic N) is 2. The zero-order valence-electron chi connectivity index (χ0n) is 9.95. The third-order valence-corrected chi connectivity index (χ3v) is 3.46. The number of anilines is 2. The summed E-state index contributed by atoms with van der Waals surface area (Å²) in [6.07, 6.45) is 0. The standard InChI is InChI=1S/C12H10ClIN4O/c1-15-11-5-4-10(17-18-11)12(19)16-9-3-2-7(13)6-8(9)14/h2-6H,1H3,(H,15,18)(H,16,19). The fraction of sp³-hybridized carbons (Fsp3) is 0.0833. The lowest BCUT2D eigenvalue weighted by molar-refractivity contribution is 0.102. The van der Waals surface area contributed by atoms with E-state index in [-0.39, 0.29) is 11.6 Å². The normalized spacial score (nSPS) is 10.1. The lowest BCUT2D eigenvalue weighted by atomic mass is 10.3. The number of rotatable bonds is 3. The number of carbonyl (C=O) groups excluding carboxylic acids is 1. The first-order valence-electron chi connectivity index (χ1n) is 5.38. The average Bonchev–Trinajstić information content (AvgIpc) is 2.42. The van der Waals surface area contributed by atoms with Crippen LogP contribution in [-0.2, 0) is 0 Å². The van der Waals surface area contributed by atoms with E-state index in [0.29, 0.717) is 16.5 Å². The Balaban J connectivity index is 2.15. The van der Waals surface area contributed by atoms with Crippen molar-refractivity contribution in [1.29, 1.82) is 0 Å². The predicted octanol–water partition coefficient (Wildman–Crippen LogP) is 3.03. The van der Waals surface area contributed by atoms with Crippen molar-refractivity contribution in [3.63, 3.8) is 0 Å². The van der Waals surface area contributed by atoms with Crippen molar-refractivity contribution in [3.8, 4) is 0 Å². The number of amides is 1. The number of hydrogen-bond acceptors (Lipinski definition) is 4. The topological polar surface area (TPSA) is 66.9 Å². The van der Waals surface area contributed by atoms with Crippen molar-refractivity contribution >= 4 is 51.6 Å². The van der Waals surface area contributed by atoms with Crippen molar-refractivity contribution in [3.05, 3.63) is 44.6 Å². The van der Waals surface area contributed by atoms with E-state index in [0.717, 1.165) is 3.57 Å². The summed E-state index contributed by atoms with van der Waals surface area (Å²) < 4.78 is 0.859. The van der Waals surface area contributed by atoms with E-state index in [9.17, 15) is 4.79 Å². The predicted molar refractivity (Wildman–Crippen MR) is 83.7 cm³/mol. The molecular weight excluding hydrogens is 379 g/mol. The van der Waals surface area contributed by atoms with E-state index in [1.165, 1.54) is 0 Å². The highest BCUT2D eigenvalue weighted by Crippen LogP contribution is 2.22. The van der Waals surface area contributed by atoms with Gasteiger partial charge in [-0.05, 0) is 52.9 Å². The molecule has 0 fully saturated rings. The molecule has 0 aliphatic rings. The molecule has 7 heteroatoms. The maximum absolute atomic E-state index is 12.0. The summed E-state index contributed by atoms with van der Waals surface area (Å²) in [7, 11) is 1.74. The second-order valence-corrected chi connectivity index (χ2v) is 5.23. The van der Waals surface area contributed by atoms with Gasteiger partial charge in [-0.2, -0.15) is 0 Å². The summed E-state index contributed by atoms with van der Waals surface area (Å²) in [5.74, 6) is 0.299. The number of carbonyl (C=O) groups is 1. The van der Waals surface area contributed by atoms with Crippen LogP contribution in [0.3, 0.4) is 0 Å². The second kappa shape index (κ2) is 6.16. The van der Waals surface area contributed by atoms with Crippen LogP contribution < -0.4 is 10.6 Å². The molecule has 1 amide bonds. The van der Waals surface area contributed by atoms with Crippen LogP contribution in [0, 0.1) is 3.57 Å². The van der Waals surface area contributed by atoms with Gasteiger partial charge in [-0.1, -0.05) is 11.6 Å². The molecule has 1 aromatic heterocycles. The van der Waals surface area contributed by atoms with Crippen LogP contribution in [0.1, 0.15) is 10.5 Å². The molecular formula is C12H10ClIN4O. The second-order valence-electron chi connectivity index (χ2n) is 3.63. The van der Waals surface area contributed by atoms with Gasteiger partial charge in [0.15, 0.2) is 5.69 Å². The van der Waals surface area contributed by atoms with Gasteiger partial charge >= 0.3 is 0 Å². The summed E-state index contributed by atoms with van der Waals surface area (Å²) in [6, 6.07) is 8.53. The monoisotopic (exact) mass is 388 g/mol. The SMILES string of the molecule is CNc1ccc(C(=O)Nc2ccc(Cl)cc2I)nn1. The molecule has 98 valence electrons. The molecule has 2 aromatic rings. The van der Waals surface area contributed by atoms with E-state index in [1.54, 1.807) is 37.4 Å². The van der Waals surface area contributed by atoms with Crippen LogP contribution in [-0.4, -0.2) is 23.2 Å². The lowest BCUT2D eigenvalue weighted by Gasteiger charge is -2.07. The molecule has 1 heterocycles. The Labute approximate surface area is 128 Å². The van der Waals surface area contributed by atoms with Crippen molar-refractivity contribution in [2.75, 3.05) is 17.7 Å². The van der Waals surface area contributed by atoms with Crippen LogP contribution >= 0.6 is 34.2 Å². The van der Waals surface area contributed by atoms with Crippen LogP contribution in [0.25, 0.3) is 0 Å². The molecule has 0 radical (unpaired) electrons. The van der Waals surface area contributed by atoms with Crippen molar-refractivity contribution in [1.82, 2.24) is 10.2 Å². The number of hydrogen-bond donors (Lipinski definition) is 2. The summed E-state index contributed by atoms with van der Waals surface area (Å²) in [4.78, 5) is 12.0. The maximum atomic E-state index is 12.0. The Hall–Kier alpha value is -1.41.